The lowest BCUT2D eigenvalue weighted by molar-refractivity contribution is -0.132. The molecule has 0 heterocycles. The summed E-state index contributed by atoms with van der Waals surface area (Å²) in [5, 5.41) is 2.66. The standard InChI is InChI=1S/C10H21NO2/c1-9(2,8(12)11-5)7-10(3,4)13-6/h7H2,1-6H3,(H,11,12). The van der Waals surface area contributed by atoms with E-state index in [0.29, 0.717) is 6.42 Å². The summed E-state index contributed by atoms with van der Waals surface area (Å²) in [6.07, 6.45) is 0.705. The molecule has 3 heteroatoms. The van der Waals surface area contributed by atoms with E-state index in [4.69, 9.17) is 4.74 Å². The third kappa shape index (κ3) is 3.77. The predicted molar refractivity (Wildman–Crippen MR) is 53.6 cm³/mol. The van der Waals surface area contributed by atoms with Crippen LogP contribution in [0, 0.1) is 5.41 Å². The Balaban J connectivity index is 4.41. The molecule has 0 spiro atoms. The molecule has 0 aliphatic rings. The van der Waals surface area contributed by atoms with Crippen LogP contribution in [-0.4, -0.2) is 25.7 Å². The molecule has 0 aromatic heterocycles. The third-order valence-corrected chi connectivity index (χ3v) is 2.26. The van der Waals surface area contributed by atoms with E-state index in [9.17, 15) is 4.79 Å². The molecule has 0 aromatic rings. The predicted octanol–water partition coefficient (Wildman–Crippen LogP) is 1.57. The van der Waals surface area contributed by atoms with Gasteiger partial charge in [-0.25, -0.2) is 0 Å². The van der Waals surface area contributed by atoms with Gasteiger partial charge in [-0.15, -0.1) is 0 Å². The quantitative estimate of drug-likeness (QED) is 0.725. The lowest BCUT2D eigenvalue weighted by Crippen LogP contribution is -2.40. The van der Waals surface area contributed by atoms with Crippen molar-refractivity contribution in [2.75, 3.05) is 14.2 Å². The van der Waals surface area contributed by atoms with Crippen LogP contribution in [0.4, 0.5) is 0 Å². The number of carbonyl (C=O) groups is 1. The van der Waals surface area contributed by atoms with Crippen LogP contribution in [0.3, 0.4) is 0 Å². The topological polar surface area (TPSA) is 38.3 Å². The minimum atomic E-state index is -0.381. The molecule has 0 aliphatic heterocycles. The molecule has 78 valence electrons. The molecular weight excluding hydrogens is 166 g/mol. The zero-order chi connectivity index (χ0) is 10.7. The molecule has 0 rings (SSSR count). The summed E-state index contributed by atoms with van der Waals surface area (Å²) in [5.41, 5.74) is -0.635. The first-order valence-electron chi connectivity index (χ1n) is 4.52. The van der Waals surface area contributed by atoms with Gasteiger partial charge in [0.25, 0.3) is 0 Å². The van der Waals surface area contributed by atoms with Crippen molar-refractivity contribution in [2.24, 2.45) is 5.41 Å². The fourth-order valence-corrected chi connectivity index (χ4v) is 1.56. The monoisotopic (exact) mass is 187 g/mol. The molecule has 1 amide bonds. The van der Waals surface area contributed by atoms with Crippen LogP contribution in [0.25, 0.3) is 0 Å². The van der Waals surface area contributed by atoms with Crippen LogP contribution in [0.5, 0.6) is 0 Å². The van der Waals surface area contributed by atoms with Crippen molar-refractivity contribution in [3.63, 3.8) is 0 Å². The van der Waals surface area contributed by atoms with Crippen molar-refractivity contribution >= 4 is 5.91 Å². The van der Waals surface area contributed by atoms with Crippen molar-refractivity contribution < 1.29 is 9.53 Å². The van der Waals surface area contributed by atoms with Crippen LogP contribution < -0.4 is 5.32 Å². The van der Waals surface area contributed by atoms with E-state index in [0.717, 1.165) is 0 Å². The molecule has 0 aromatic carbocycles. The first kappa shape index (κ1) is 12.4. The number of amides is 1. The summed E-state index contributed by atoms with van der Waals surface area (Å²) in [6, 6.07) is 0. The highest BCUT2D eigenvalue weighted by molar-refractivity contribution is 5.81. The van der Waals surface area contributed by atoms with Gasteiger partial charge in [0.05, 0.1) is 5.60 Å². The van der Waals surface area contributed by atoms with Gasteiger partial charge in [0.2, 0.25) is 5.91 Å². The van der Waals surface area contributed by atoms with Crippen molar-refractivity contribution in [2.45, 2.75) is 39.7 Å². The van der Waals surface area contributed by atoms with Crippen molar-refractivity contribution in [3.8, 4) is 0 Å². The molecule has 0 saturated heterocycles. The summed E-state index contributed by atoms with van der Waals surface area (Å²) in [5.74, 6) is 0.0534. The number of carbonyl (C=O) groups excluding carboxylic acids is 1. The molecule has 13 heavy (non-hydrogen) atoms. The Morgan fingerprint density at radius 1 is 1.31 bits per heavy atom. The van der Waals surface area contributed by atoms with Gasteiger partial charge in [0.1, 0.15) is 0 Å². The van der Waals surface area contributed by atoms with Crippen LogP contribution in [0.15, 0.2) is 0 Å². The SMILES string of the molecule is CNC(=O)C(C)(C)CC(C)(C)OC. The largest absolute Gasteiger partial charge is 0.379 e. The highest BCUT2D eigenvalue weighted by Crippen LogP contribution is 2.29. The van der Waals surface area contributed by atoms with Gasteiger partial charge < -0.3 is 10.1 Å². The molecule has 0 radical (unpaired) electrons. The molecular formula is C10H21NO2. The Labute approximate surface area is 80.8 Å². The van der Waals surface area contributed by atoms with Gasteiger partial charge in [-0.05, 0) is 20.3 Å². The zero-order valence-corrected chi connectivity index (χ0v) is 9.52. The van der Waals surface area contributed by atoms with Crippen LogP contribution in [0.2, 0.25) is 0 Å². The molecule has 0 aliphatic carbocycles. The molecule has 0 unspecified atom stereocenters. The van der Waals surface area contributed by atoms with E-state index in [-0.39, 0.29) is 16.9 Å². The second-order valence-electron chi connectivity index (χ2n) is 4.60. The van der Waals surface area contributed by atoms with Gasteiger partial charge in [-0.1, -0.05) is 13.8 Å². The maximum absolute atomic E-state index is 11.5. The minimum absolute atomic E-state index is 0.0534. The van der Waals surface area contributed by atoms with E-state index in [1.807, 2.05) is 27.7 Å². The minimum Gasteiger partial charge on any atom is -0.379 e. The fraction of sp³-hybridized carbons (Fsp3) is 0.900. The number of rotatable bonds is 4. The molecule has 1 N–H and O–H groups in total. The second kappa shape index (κ2) is 4.09. The maximum atomic E-state index is 11.5. The smallest absolute Gasteiger partial charge is 0.225 e. The Morgan fingerprint density at radius 2 is 1.77 bits per heavy atom. The summed E-state index contributed by atoms with van der Waals surface area (Å²) in [7, 11) is 3.32. The highest BCUT2D eigenvalue weighted by atomic mass is 16.5. The Kier molecular flexibility index (Phi) is 3.91. The Bertz CT molecular complexity index is 185. The van der Waals surface area contributed by atoms with Gasteiger partial charge in [-0.2, -0.15) is 0 Å². The van der Waals surface area contributed by atoms with Crippen LogP contribution in [0.1, 0.15) is 34.1 Å². The summed E-state index contributed by atoms with van der Waals surface area (Å²) >= 11 is 0. The molecule has 3 nitrogen and oxygen atoms in total. The number of hydrogen-bond acceptors (Lipinski definition) is 2. The lowest BCUT2D eigenvalue weighted by Gasteiger charge is -2.32. The Hall–Kier alpha value is -0.570. The van der Waals surface area contributed by atoms with Crippen molar-refractivity contribution in [3.05, 3.63) is 0 Å². The van der Waals surface area contributed by atoms with Crippen molar-refractivity contribution in [1.82, 2.24) is 5.32 Å². The van der Waals surface area contributed by atoms with Gasteiger partial charge in [0, 0.05) is 19.6 Å². The number of hydrogen-bond donors (Lipinski definition) is 1. The van der Waals surface area contributed by atoms with Gasteiger partial charge >= 0.3 is 0 Å². The van der Waals surface area contributed by atoms with Gasteiger partial charge in [-0.3, -0.25) is 4.79 Å². The average Bonchev–Trinajstić information content (AvgIpc) is 2.01. The first-order chi connectivity index (χ1) is 5.75. The highest BCUT2D eigenvalue weighted by Gasteiger charge is 2.33. The van der Waals surface area contributed by atoms with E-state index < -0.39 is 0 Å². The first-order valence-corrected chi connectivity index (χ1v) is 4.52. The molecule has 0 bridgehead atoms. The fourth-order valence-electron chi connectivity index (χ4n) is 1.56. The van der Waals surface area contributed by atoms with E-state index in [2.05, 4.69) is 5.32 Å². The second-order valence-corrected chi connectivity index (χ2v) is 4.60. The maximum Gasteiger partial charge on any atom is 0.225 e. The molecule has 0 saturated carbocycles. The molecule has 0 atom stereocenters. The summed E-state index contributed by atoms with van der Waals surface area (Å²) < 4.78 is 5.29. The number of methoxy groups -OCH3 is 1. The van der Waals surface area contributed by atoms with Gasteiger partial charge in [0.15, 0.2) is 0 Å². The average molecular weight is 187 g/mol. The number of ether oxygens (including phenoxy) is 1. The summed E-state index contributed by atoms with van der Waals surface area (Å²) in [4.78, 5) is 11.5. The normalized spacial score (nSPS) is 12.8. The number of nitrogens with one attached hydrogen (secondary N) is 1. The van der Waals surface area contributed by atoms with E-state index >= 15 is 0 Å². The summed E-state index contributed by atoms with van der Waals surface area (Å²) in [6.45, 7) is 7.81. The van der Waals surface area contributed by atoms with E-state index in [1.54, 1.807) is 14.2 Å². The van der Waals surface area contributed by atoms with Crippen molar-refractivity contribution in [1.29, 1.82) is 0 Å². The third-order valence-electron chi connectivity index (χ3n) is 2.26. The van der Waals surface area contributed by atoms with Crippen LogP contribution >= 0.6 is 0 Å². The Morgan fingerprint density at radius 3 is 2.08 bits per heavy atom. The zero-order valence-electron chi connectivity index (χ0n) is 9.52. The lowest BCUT2D eigenvalue weighted by atomic mass is 9.81. The van der Waals surface area contributed by atoms with Crippen LogP contribution in [-0.2, 0) is 9.53 Å². The van der Waals surface area contributed by atoms with E-state index in [1.165, 1.54) is 0 Å². The molecule has 0 fully saturated rings.